The monoisotopic (exact) mass is 415 g/mol. The van der Waals surface area contributed by atoms with Crippen LogP contribution in [0.25, 0.3) is 0 Å². The molecule has 0 spiro atoms. The lowest BCUT2D eigenvalue weighted by Gasteiger charge is -2.45. The number of hydrogen-bond acceptors (Lipinski definition) is 5. The number of anilines is 1. The van der Waals surface area contributed by atoms with Gasteiger partial charge in [-0.3, -0.25) is 9.52 Å². The topological polar surface area (TPSA) is 102 Å². The Kier molecular flexibility index (Phi) is 5.23. The van der Waals surface area contributed by atoms with Crippen molar-refractivity contribution in [3.63, 3.8) is 0 Å². The first-order valence-electron chi connectivity index (χ1n) is 9.70. The fourth-order valence-corrected chi connectivity index (χ4v) is 4.98. The number of benzene rings is 2. The van der Waals surface area contributed by atoms with Gasteiger partial charge in [-0.1, -0.05) is 6.07 Å². The number of rotatable bonds is 6. The highest BCUT2D eigenvalue weighted by molar-refractivity contribution is 7.92. The second-order valence-electron chi connectivity index (χ2n) is 7.86. The van der Waals surface area contributed by atoms with Crippen LogP contribution in [-0.2, 0) is 10.0 Å². The highest BCUT2D eigenvalue weighted by atomic mass is 32.2. The summed E-state index contributed by atoms with van der Waals surface area (Å²) in [7, 11) is -3.37. The number of nitrogens with two attached hydrogens (primary N) is 1. The van der Waals surface area contributed by atoms with Crippen LogP contribution in [0.2, 0.25) is 0 Å². The fraction of sp³-hybridized carbons (Fsp3) is 0.381. The number of ether oxygens (including phenoxy) is 1. The zero-order valence-electron chi connectivity index (χ0n) is 16.3. The average molecular weight is 416 g/mol. The summed E-state index contributed by atoms with van der Waals surface area (Å²) in [5.74, 6) is 1.49. The molecule has 3 N–H and O–H groups in total. The maximum atomic E-state index is 12.0. The number of primary amides is 1. The molecule has 3 heterocycles. The van der Waals surface area contributed by atoms with E-state index in [2.05, 4.69) is 9.62 Å². The largest absolute Gasteiger partial charge is 0.457 e. The minimum absolute atomic E-state index is 0.266. The van der Waals surface area contributed by atoms with E-state index in [0.717, 1.165) is 44.3 Å². The van der Waals surface area contributed by atoms with Gasteiger partial charge in [0, 0.05) is 24.1 Å². The first-order valence-corrected chi connectivity index (χ1v) is 11.6. The van der Waals surface area contributed by atoms with Crippen LogP contribution in [0.4, 0.5) is 5.69 Å². The molecule has 1 unspecified atom stereocenters. The molecule has 0 aromatic heterocycles. The first-order chi connectivity index (χ1) is 13.8. The number of hydrogen-bond donors (Lipinski definition) is 2. The summed E-state index contributed by atoms with van der Waals surface area (Å²) < 4.78 is 31.3. The molecule has 3 fully saturated rings. The van der Waals surface area contributed by atoms with E-state index < -0.39 is 15.9 Å². The molecule has 7 nitrogen and oxygen atoms in total. The van der Waals surface area contributed by atoms with Crippen LogP contribution in [0.15, 0.2) is 42.5 Å². The molecule has 2 aromatic rings. The molecule has 8 heteroatoms. The lowest BCUT2D eigenvalue weighted by molar-refractivity contribution is 0.0855. The number of nitrogens with zero attached hydrogens (tertiary/aromatic N) is 1. The van der Waals surface area contributed by atoms with E-state index in [9.17, 15) is 13.2 Å². The summed E-state index contributed by atoms with van der Waals surface area (Å²) in [6, 6.07) is 12.1. The molecule has 3 aliphatic heterocycles. The van der Waals surface area contributed by atoms with E-state index in [0.29, 0.717) is 28.7 Å². The zero-order chi connectivity index (χ0) is 20.6. The summed E-state index contributed by atoms with van der Waals surface area (Å²) >= 11 is 0. The quantitative estimate of drug-likeness (QED) is 0.755. The molecule has 0 aliphatic carbocycles. The summed E-state index contributed by atoms with van der Waals surface area (Å²) in [4.78, 5) is 14.5. The Labute approximate surface area is 170 Å². The molecule has 1 amide bonds. The van der Waals surface area contributed by atoms with Crippen LogP contribution < -0.4 is 15.2 Å². The summed E-state index contributed by atoms with van der Waals surface area (Å²) in [6.45, 7) is 3.16. The van der Waals surface area contributed by atoms with Crippen molar-refractivity contribution in [1.82, 2.24) is 4.90 Å². The van der Waals surface area contributed by atoms with Gasteiger partial charge in [0.25, 0.3) is 0 Å². The number of carbonyl (C=O) groups excluding carboxylic acids is 1. The Morgan fingerprint density at radius 3 is 2.48 bits per heavy atom. The van der Waals surface area contributed by atoms with Crippen LogP contribution in [0.3, 0.4) is 0 Å². The summed E-state index contributed by atoms with van der Waals surface area (Å²) in [5.41, 5.74) is 7.55. The second kappa shape index (κ2) is 7.68. The van der Waals surface area contributed by atoms with Crippen molar-refractivity contribution in [2.75, 3.05) is 30.6 Å². The third kappa shape index (κ3) is 4.54. The number of carbonyl (C=O) groups is 1. The number of amides is 1. The first kappa shape index (κ1) is 19.7. The third-order valence-electron chi connectivity index (χ3n) is 5.72. The standard InChI is InChI=1S/C21H25N3O4S/c1-29(26,27)23-15-3-2-4-16(11-15)28-17-5-6-18(21(22)25)19(12-17)20-13-24-9-7-14(20)8-10-24/h2-6,11-12,14,20,23H,7-10,13H2,1H3,(H2,22,25). The maximum Gasteiger partial charge on any atom is 0.248 e. The highest BCUT2D eigenvalue weighted by Crippen LogP contribution is 2.41. The maximum absolute atomic E-state index is 12.0. The van der Waals surface area contributed by atoms with Crippen molar-refractivity contribution >= 4 is 21.6 Å². The number of nitrogens with one attached hydrogen (secondary N) is 1. The van der Waals surface area contributed by atoms with Crippen molar-refractivity contribution in [3.8, 4) is 11.5 Å². The van der Waals surface area contributed by atoms with Gasteiger partial charge < -0.3 is 15.4 Å². The predicted octanol–water partition coefficient (Wildman–Crippen LogP) is 2.76. The van der Waals surface area contributed by atoms with Gasteiger partial charge in [-0.15, -0.1) is 0 Å². The molecule has 5 rings (SSSR count). The van der Waals surface area contributed by atoms with E-state index in [1.165, 1.54) is 0 Å². The number of sulfonamides is 1. The smallest absolute Gasteiger partial charge is 0.248 e. The molecule has 1 atom stereocenters. The van der Waals surface area contributed by atoms with E-state index in [1.54, 1.807) is 36.4 Å². The Morgan fingerprint density at radius 1 is 1.14 bits per heavy atom. The number of fused-ring (bicyclic) bond motifs is 3. The normalized spacial score (nSPS) is 23.6. The van der Waals surface area contributed by atoms with Gasteiger partial charge in [-0.25, -0.2) is 8.42 Å². The molecule has 29 heavy (non-hydrogen) atoms. The lowest BCUT2D eigenvalue weighted by atomic mass is 9.74. The Balaban J connectivity index is 1.62. The van der Waals surface area contributed by atoms with E-state index in [4.69, 9.17) is 10.5 Å². The molecule has 154 valence electrons. The minimum atomic E-state index is -3.37. The Bertz CT molecular complexity index is 1030. The van der Waals surface area contributed by atoms with Crippen molar-refractivity contribution in [3.05, 3.63) is 53.6 Å². The second-order valence-corrected chi connectivity index (χ2v) is 9.61. The van der Waals surface area contributed by atoms with Gasteiger partial charge in [-0.2, -0.15) is 0 Å². The molecule has 0 saturated carbocycles. The molecule has 3 aliphatic rings. The van der Waals surface area contributed by atoms with Crippen LogP contribution >= 0.6 is 0 Å². The van der Waals surface area contributed by atoms with Crippen molar-refractivity contribution in [2.24, 2.45) is 11.7 Å². The van der Waals surface area contributed by atoms with E-state index in [-0.39, 0.29) is 5.92 Å². The zero-order valence-corrected chi connectivity index (χ0v) is 17.1. The Hall–Kier alpha value is -2.58. The predicted molar refractivity (Wildman–Crippen MR) is 112 cm³/mol. The van der Waals surface area contributed by atoms with Crippen molar-refractivity contribution in [2.45, 2.75) is 18.8 Å². The van der Waals surface area contributed by atoms with Gasteiger partial charge >= 0.3 is 0 Å². The Morgan fingerprint density at radius 2 is 1.86 bits per heavy atom. The van der Waals surface area contributed by atoms with Gasteiger partial charge in [0.15, 0.2) is 0 Å². The molecule has 2 bridgehead atoms. The SMILES string of the molecule is CS(=O)(=O)Nc1cccc(Oc2ccc(C(N)=O)c(C3CN4CCC3CC4)c2)c1. The highest BCUT2D eigenvalue weighted by Gasteiger charge is 2.36. The number of piperidine rings is 3. The van der Waals surface area contributed by atoms with E-state index >= 15 is 0 Å². The van der Waals surface area contributed by atoms with Crippen molar-refractivity contribution < 1.29 is 17.9 Å². The van der Waals surface area contributed by atoms with Gasteiger partial charge in [0.2, 0.25) is 15.9 Å². The van der Waals surface area contributed by atoms with Crippen LogP contribution in [-0.4, -0.2) is 45.1 Å². The molecule has 2 aromatic carbocycles. The average Bonchev–Trinajstić information content (AvgIpc) is 2.67. The minimum Gasteiger partial charge on any atom is -0.457 e. The van der Waals surface area contributed by atoms with Gasteiger partial charge in [-0.05, 0) is 67.7 Å². The van der Waals surface area contributed by atoms with Crippen molar-refractivity contribution in [1.29, 1.82) is 0 Å². The van der Waals surface area contributed by atoms with E-state index in [1.807, 2.05) is 6.07 Å². The molecular weight excluding hydrogens is 390 g/mol. The summed E-state index contributed by atoms with van der Waals surface area (Å²) in [6.07, 6.45) is 3.36. The summed E-state index contributed by atoms with van der Waals surface area (Å²) in [5, 5.41) is 0. The third-order valence-corrected chi connectivity index (χ3v) is 6.32. The van der Waals surface area contributed by atoms with Gasteiger partial charge in [0.1, 0.15) is 11.5 Å². The molecule has 0 radical (unpaired) electrons. The van der Waals surface area contributed by atoms with Crippen LogP contribution in [0, 0.1) is 5.92 Å². The van der Waals surface area contributed by atoms with Crippen LogP contribution in [0.5, 0.6) is 11.5 Å². The fourth-order valence-electron chi connectivity index (χ4n) is 4.43. The molecule has 3 saturated heterocycles. The lowest BCUT2D eigenvalue weighted by Crippen LogP contribution is -2.46. The molecular formula is C21H25N3O4S. The van der Waals surface area contributed by atoms with Gasteiger partial charge in [0.05, 0.1) is 11.9 Å². The van der Waals surface area contributed by atoms with Crippen LogP contribution in [0.1, 0.15) is 34.7 Å².